The number of aryl methyl sites for hydroxylation is 1. The van der Waals surface area contributed by atoms with Crippen LogP contribution in [0.4, 0.5) is 8.78 Å². The first-order valence-corrected chi connectivity index (χ1v) is 12.6. The van der Waals surface area contributed by atoms with Crippen LogP contribution in [0.1, 0.15) is 64.5 Å². The van der Waals surface area contributed by atoms with Crippen molar-refractivity contribution in [3.8, 4) is 0 Å². The Bertz CT molecular complexity index is 1130. The third-order valence-electron chi connectivity index (χ3n) is 7.81. The fourth-order valence-corrected chi connectivity index (χ4v) is 5.80. The predicted molar refractivity (Wildman–Crippen MR) is 125 cm³/mol. The van der Waals surface area contributed by atoms with Gasteiger partial charge in [-0.25, -0.2) is 8.78 Å². The summed E-state index contributed by atoms with van der Waals surface area (Å²) < 4.78 is 29.1. The number of amides is 2. The van der Waals surface area contributed by atoms with E-state index in [9.17, 15) is 23.5 Å². The van der Waals surface area contributed by atoms with E-state index in [4.69, 9.17) is 0 Å². The second kappa shape index (κ2) is 9.68. The maximum Gasteiger partial charge on any atom is 0.274 e. The quantitative estimate of drug-likeness (QED) is 0.721. The van der Waals surface area contributed by atoms with Crippen molar-refractivity contribution in [3.63, 3.8) is 0 Å². The number of rotatable bonds is 4. The molecule has 2 fully saturated rings. The van der Waals surface area contributed by atoms with Gasteiger partial charge >= 0.3 is 0 Å². The summed E-state index contributed by atoms with van der Waals surface area (Å²) in [7, 11) is 0. The van der Waals surface area contributed by atoms with E-state index in [-0.39, 0.29) is 37.1 Å². The number of fused-ring (bicyclic) bond motifs is 1. The molecule has 3 heterocycles. The lowest BCUT2D eigenvalue weighted by atomic mass is 9.87. The minimum absolute atomic E-state index is 0.0274. The third-order valence-corrected chi connectivity index (χ3v) is 7.81. The van der Waals surface area contributed by atoms with E-state index in [0.29, 0.717) is 31.2 Å². The van der Waals surface area contributed by atoms with Crippen molar-refractivity contribution in [2.24, 2.45) is 0 Å². The predicted octanol–water partition coefficient (Wildman–Crippen LogP) is 2.77. The normalized spacial score (nSPS) is 23.0. The maximum absolute atomic E-state index is 14.0. The van der Waals surface area contributed by atoms with Gasteiger partial charge in [0, 0.05) is 30.9 Å². The van der Waals surface area contributed by atoms with Crippen LogP contribution in [0.15, 0.2) is 18.2 Å². The zero-order valence-corrected chi connectivity index (χ0v) is 20.1. The minimum Gasteiger partial charge on any atom is -0.390 e. The summed E-state index contributed by atoms with van der Waals surface area (Å²) in [6.45, 7) is 3.42. The molecule has 1 aromatic heterocycles. The summed E-state index contributed by atoms with van der Waals surface area (Å²) in [6, 6.07) is 4.91. The molecular formula is C26H32F2N4O3. The van der Waals surface area contributed by atoms with Crippen LogP contribution in [0.5, 0.6) is 0 Å². The zero-order chi connectivity index (χ0) is 24.7. The van der Waals surface area contributed by atoms with Crippen LogP contribution in [0, 0.1) is 12.7 Å². The number of halogens is 2. The number of carbonyl (C=O) groups is 2. The molecule has 2 aliphatic heterocycles. The fourth-order valence-electron chi connectivity index (χ4n) is 5.80. The molecule has 9 heteroatoms. The number of hydrogen-bond donors (Lipinski definition) is 1. The molecule has 2 atom stereocenters. The summed E-state index contributed by atoms with van der Waals surface area (Å²) in [6.07, 6.45) is 1.76. The molecular weight excluding hydrogens is 454 g/mol. The molecule has 0 bridgehead atoms. The molecule has 3 aliphatic rings. The van der Waals surface area contributed by atoms with Gasteiger partial charge in [0.2, 0.25) is 5.91 Å². The fraction of sp³-hybridized carbons (Fsp3) is 0.577. The van der Waals surface area contributed by atoms with E-state index in [1.165, 1.54) is 11.0 Å². The molecule has 1 aliphatic carbocycles. The highest BCUT2D eigenvalue weighted by Gasteiger charge is 2.35. The Hall–Kier alpha value is -2.81. The highest BCUT2D eigenvalue weighted by molar-refractivity contribution is 5.94. The van der Waals surface area contributed by atoms with Gasteiger partial charge in [-0.15, -0.1) is 0 Å². The molecule has 2 aromatic rings. The minimum atomic E-state index is -1.45. The Kier molecular flexibility index (Phi) is 6.61. The zero-order valence-electron chi connectivity index (χ0n) is 20.1. The average Bonchev–Trinajstić information content (AvgIpc) is 3.44. The van der Waals surface area contributed by atoms with Gasteiger partial charge < -0.3 is 14.9 Å². The van der Waals surface area contributed by atoms with Gasteiger partial charge in [0.15, 0.2) is 5.69 Å². The average molecular weight is 487 g/mol. The lowest BCUT2D eigenvalue weighted by molar-refractivity contribution is -0.133. The number of aliphatic hydroxyl groups is 1. The molecule has 7 nitrogen and oxygen atoms in total. The monoisotopic (exact) mass is 486 g/mol. The molecule has 1 aromatic carbocycles. The summed E-state index contributed by atoms with van der Waals surface area (Å²) in [5.74, 6) is -0.272. The van der Waals surface area contributed by atoms with Crippen molar-refractivity contribution in [1.29, 1.82) is 0 Å². The van der Waals surface area contributed by atoms with Gasteiger partial charge in [0.1, 0.15) is 18.5 Å². The van der Waals surface area contributed by atoms with Gasteiger partial charge in [-0.3, -0.25) is 14.3 Å². The van der Waals surface area contributed by atoms with Gasteiger partial charge in [-0.05, 0) is 74.6 Å². The van der Waals surface area contributed by atoms with Crippen molar-refractivity contribution in [2.75, 3.05) is 26.2 Å². The SMILES string of the molecule is Cc1cc(F)ccc1C1CCN(C(=O)Cn2nc(C(=O)N3CC[C@H](O)[C@H](F)C3)c3c2CCC3)CC1. The summed E-state index contributed by atoms with van der Waals surface area (Å²) >= 11 is 0. The van der Waals surface area contributed by atoms with Gasteiger partial charge in [0.05, 0.1) is 12.6 Å². The van der Waals surface area contributed by atoms with E-state index >= 15 is 0 Å². The Balaban J connectivity index is 1.24. The summed E-state index contributed by atoms with van der Waals surface area (Å²) in [5, 5.41) is 14.2. The molecule has 0 radical (unpaired) electrons. The smallest absolute Gasteiger partial charge is 0.274 e. The first-order valence-electron chi connectivity index (χ1n) is 12.6. The van der Waals surface area contributed by atoms with Crippen LogP contribution in [0.3, 0.4) is 0 Å². The Morgan fingerprint density at radius 3 is 2.57 bits per heavy atom. The topological polar surface area (TPSA) is 78.7 Å². The summed E-state index contributed by atoms with van der Waals surface area (Å²) in [4.78, 5) is 29.5. The molecule has 188 valence electrons. The number of benzene rings is 1. The van der Waals surface area contributed by atoms with Crippen molar-refractivity contribution in [3.05, 3.63) is 52.1 Å². The standard InChI is InChI=1S/C26H32F2N4O3/c1-16-13-18(27)5-6-19(16)17-7-10-30(11-8-17)24(34)15-32-22-4-2-3-20(22)25(29-32)26(35)31-12-9-23(33)21(28)14-31/h5-6,13,17,21,23,33H,2-4,7-12,14-15H2,1H3/t21-,23+/m1/s1. The molecule has 0 spiro atoms. The van der Waals surface area contributed by atoms with Crippen LogP contribution >= 0.6 is 0 Å². The van der Waals surface area contributed by atoms with E-state index in [1.807, 2.05) is 17.9 Å². The van der Waals surface area contributed by atoms with Crippen molar-refractivity contribution in [2.45, 2.75) is 70.2 Å². The van der Waals surface area contributed by atoms with Crippen LogP contribution < -0.4 is 0 Å². The third kappa shape index (κ3) is 4.70. The molecule has 1 N–H and O–H groups in total. The van der Waals surface area contributed by atoms with Crippen molar-refractivity contribution >= 4 is 11.8 Å². The molecule has 0 unspecified atom stereocenters. The van der Waals surface area contributed by atoms with Crippen molar-refractivity contribution < 1.29 is 23.5 Å². The maximum atomic E-state index is 14.0. The molecule has 5 rings (SSSR count). The van der Waals surface area contributed by atoms with Crippen molar-refractivity contribution in [1.82, 2.24) is 19.6 Å². The highest BCUT2D eigenvalue weighted by atomic mass is 19.1. The number of piperidine rings is 2. The van der Waals surface area contributed by atoms with E-state index in [2.05, 4.69) is 5.10 Å². The van der Waals surface area contributed by atoms with Crippen LogP contribution in [0.2, 0.25) is 0 Å². The van der Waals surface area contributed by atoms with Crippen LogP contribution in [0.25, 0.3) is 0 Å². The Morgan fingerprint density at radius 1 is 1.11 bits per heavy atom. The number of alkyl halides is 1. The largest absolute Gasteiger partial charge is 0.390 e. The number of hydrogen-bond acceptors (Lipinski definition) is 4. The number of aliphatic hydroxyl groups excluding tert-OH is 1. The Morgan fingerprint density at radius 2 is 1.86 bits per heavy atom. The molecule has 2 saturated heterocycles. The first kappa shape index (κ1) is 23.9. The summed E-state index contributed by atoms with van der Waals surface area (Å²) in [5.41, 5.74) is 4.20. The van der Waals surface area contributed by atoms with E-state index < -0.39 is 12.3 Å². The molecule has 35 heavy (non-hydrogen) atoms. The van der Waals surface area contributed by atoms with Crippen LogP contribution in [-0.2, 0) is 24.2 Å². The van der Waals surface area contributed by atoms with E-state index in [0.717, 1.165) is 54.5 Å². The molecule has 0 saturated carbocycles. The van der Waals surface area contributed by atoms with Gasteiger partial charge in [0.25, 0.3) is 5.91 Å². The Labute approximate surface area is 203 Å². The number of carbonyl (C=O) groups excluding carboxylic acids is 2. The van der Waals surface area contributed by atoms with Gasteiger partial charge in [-0.2, -0.15) is 5.10 Å². The molecule has 2 amide bonds. The number of likely N-dealkylation sites (tertiary alicyclic amines) is 2. The lowest BCUT2D eigenvalue weighted by Gasteiger charge is -2.33. The first-order chi connectivity index (χ1) is 16.8. The highest BCUT2D eigenvalue weighted by Crippen LogP contribution is 2.31. The number of aromatic nitrogens is 2. The lowest BCUT2D eigenvalue weighted by Crippen LogP contribution is -2.47. The van der Waals surface area contributed by atoms with Crippen LogP contribution in [-0.4, -0.2) is 75.0 Å². The second-order valence-corrected chi connectivity index (χ2v) is 10.1. The second-order valence-electron chi connectivity index (χ2n) is 10.1. The van der Waals surface area contributed by atoms with E-state index in [1.54, 1.807) is 10.7 Å². The van der Waals surface area contributed by atoms with Gasteiger partial charge in [-0.1, -0.05) is 6.07 Å². The number of nitrogens with zero attached hydrogens (tertiary/aromatic N) is 4.